The quantitative estimate of drug-likeness (QED) is 0.309. The fourth-order valence-electron chi connectivity index (χ4n) is 4.00. The van der Waals surface area contributed by atoms with Crippen molar-refractivity contribution in [1.29, 1.82) is 0 Å². The standard InChI is InChI=1S/C27H21ClN6O2/c1-30-26(36)16-9-11-20(12-10-16)31-27-32-24-8-4-7-23(34(24)33-27)18-13-17(14-19(28)15-18)21-5-2-3-6-22(21)25(29)35/h2-15H,1H3,(H2,29,35)(H,30,36)(H,31,33). The van der Waals surface area contributed by atoms with Gasteiger partial charge >= 0.3 is 0 Å². The van der Waals surface area contributed by atoms with Gasteiger partial charge in [-0.3, -0.25) is 9.59 Å². The second kappa shape index (κ2) is 9.52. The van der Waals surface area contributed by atoms with Gasteiger partial charge in [0.15, 0.2) is 5.65 Å². The Hall–Kier alpha value is -4.69. The van der Waals surface area contributed by atoms with Crippen LogP contribution in [0.2, 0.25) is 5.02 Å². The fraction of sp³-hybridized carbons (Fsp3) is 0.0370. The van der Waals surface area contributed by atoms with E-state index in [9.17, 15) is 9.59 Å². The highest BCUT2D eigenvalue weighted by atomic mass is 35.5. The van der Waals surface area contributed by atoms with Crippen molar-refractivity contribution in [3.05, 3.63) is 101 Å². The first-order valence-electron chi connectivity index (χ1n) is 11.1. The molecule has 5 rings (SSSR count). The van der Waals surface area contributed by atoms with E-state index in [1.165, 1.54) is 0 Å². The van der Waals surface area contributed by atoms with Crippen LogP contribution in [0.1, 0.15) is 20.7 Å². The van der Waals surface area contributed by atoms with Gasteiger partial charge in [-0.2, -0.15) is 4.98 Å². The molecule has 2 aromatic heterocycles. The number of nitrogens with one attached hydrogen (secondary N) is 2. The zero-order valence-corrected chi connectivity index (χ0v) is 20.0. The van der Waals surface area contributed by atoms with Crippen molar-refractivity contribution in [2.24, 2.45) is 5.73 Å². The van der Waals surface area contributed by atoms with E-state index in [4.69, 9.17) is 17.3 Å². The lowest BCUT2D eigenvalue weighted by Crippen LogP contribution is -2.17. The maximum atomic E-state index is 12.0. The van der Waals surface area contributed by atoms with Gasteiger partial charge in [0, 0.05) is 34.4 Å². The molecule has 9 heteroatoms. The molecule has 0 aliphatic carbocycles. The highest BCUT2D eigenvalue weighted by Crippen LogP contribution is 2.32. The molecule has 3 aromatic carbocycles. The third-order valence-electron chi connectivity index (χ3n) is 5.69. The number of benzene rings is 3. The Morgan fingerprint density at radius 2 is 1.67 bits per heavy atom. The molecule has 0 aliphatic heterocycles. The zero-order valence-electron chi connectivity index (χ0n) is 19.2. The third kappa shape index (κ3) is 4.49. The summed E-state index contributed by atoms with van der Waals surface area (Å²) in [5, 5.41) is 10.9. The summed E-state index contributed by atoms with van der Waals surface area (Å²) in [5.41, 5.74) is 11.0. The first-order chi connectivity index (χ1) is 17.4. The van der Waals surface area contributed by atoms with Crippen molar-refractivity contribution in [2.75, 3.05) is 12.4 Å². The molecule has 0 saturated carbocycles. The van der Waals surface area contributed by atoms with E-state index in [0.717, 1.165) is 22.5 Å². The Morgan fingerprint density at radius 3 is 2.42 bits per heavy atom. The van der Waals surface area contributed by atoms with Crippen LogP contribution in [-0.2, 0) is 0 Å². The Balaban J connectivity index is 1.53. The number of aromatic nitrogens is 3. The molecule has 0 saturated heterocycles. The average molecular weight is 497 g/mol. The molecule has 2 amide bonds. The minimum Gasteiger partial charge on any atom is -0.366 e. The van der Waals surface area contributed by atoms with Crippen LogP contribution in [0, 0.1) is 0 Å². The van der Waals surface area contributed by atoms with E-state index in [1.54, 1.807) is 54.0 Å². The molecular formula is C27H21ClN6O2. The van der Waals surface area contributed by atoms with Crippen molar-refractivity contribution in [1.82, 2.24) is 19.9 Å². The number of primary amides is 1. The normalized spacial score (nSPS) is 10.8. The van der Waals surface area contributed by atoms with Crippen molar-refractivity contribution in [3.8, 4) is 22.4 Å². The van der Waals surface area contributed by atoms with Gasteiger partial charge in [-0.25, -0.2) is 4.52 Å². The van der Waals surface area contributed by atoms with Crippen molar-refractivity contribution in [3.63, 3.8) is 0 Å². The lowest BCUT2D eigenvalue weighted by molar-refractivity contribution is 0.0961. The molecule has 0 fully saturated rings. The smallest absolute Gasteiger partial charge is 0.251 e. The first kappa shape index (κ1) is 23.1. The summed E-state index contributed by atoms with van der Waals surface area (Å²) >= 11 is 6.49. The number of hydrogen-bond donors (Lipinski definition) is 3. The molecule has 8 nitrogen and oxygen atoms in total. The highest BCUT2D eigenvalue weighted by molar-refractivity contribution is 6.31. The van der Waals surface area contributed by atoms with Crippen LogP contribution in [0.3, 0.4) is 0 Å². The van der Waals surface area contributed by atoms with Gasteiger partial charge < -0.3 is 16.4 Å². The predicted molar refractivity (Wildman–Crippen MR) is 141 cm³/mol. The summed E-state index contributed by atoms with van der Waals surface area (Å²) < 4.78 is 1.72. The van der Waals surface area contributed by atoms with E-state index in [0.29, 0.717) is 33.3 Å². The highest BCUT2D eigenvalue weighted by Gasteiger charge is 2.14. The number of carbonyl (C=O) groups is 2. The van der Waals surface area contributed by atoms with E-state index in [1.807, 2.05) is 42.5 Å². The monoisotopic (exact) mass is 496 g/mol. The van der Waals surface area contributed by atoms with Crippen molar-refractivity contribution in [2.45, 2.75) is 0 Å². The molecule has 0 aliphatic rings. The average Bonchev–Trinajstić information content (AvgIpc) is 3.30. The summed E-state index contributed by atoms with van der Waals surface area (Å²) in [5.74, 6) is -0.266. The minimum atomic E-state index is -0.510. The topological polar surface area (TPSA) is 114 Å². The lowest BCUT2D eigenvalue weighted by Gasteiger charge is -2.11. The van der Waals surface area contributed by atoms with Gasteiger partial charge in [0.05, 0.1) is 5.69 Å². The number of nitrogens with zero attached hydrogens (tertiary/aromatic N) is 3. The summed E-state index contributed by atoms with van der Waals surface area (Å²) in [6.45, 7) is 0. The molecule has 178 valence electrons. The molecule has 0 atom stereocenters. The van der Waals surface area contributed by atoms with Crippen LogP contribution in [0.5, 0.6) is 0 Å². The van der Waals surface area contributed by atoms with Crippen LogP contribution in [0.25, 0.3) is 28.0 Å². The summed E-state index contributed by atoms with van der Waals surface area (Å²) in [7, 11) is 1.59. The van der Waals surface area contributed by atoms with Gasteiger partial charge in [0.2, 0.25) is 11.9 Å². The van der Waals surface area contributed by atoms with E-state index < -0.39 is 5.91 Å². The second-order valence-corrected chi connectivity index (χ2v) is 8.47. The Bertz CT molecular complexity index is 1610. The number of hydrogen-bond acceptors (Lipinski definition) is 5. The van der Waals surface area contributed by atoms with Gasteiger partial charge in [-0.15, -0.1) is 5.10 Å². The van der Waals surface area contributed by atoms with Crippen LogP contribution in [-0.4, -0.2) is 33.5 Å². The third-order valence-corrected chi connectivity index (χ3v) is 5.91. The number of nitrogens with two attached hydrogens (primary N) is 1. The first-order valence-corrected chi connectivity index (χ1v) is 11.5. The fourth-order valence-corrected chi connectivity index (χ4v) is 4.23. The predicted octanol–water partition coefficient (Wildman–Crippen LogP) is 4.92. The summed E-state index contributed by atoms with van der Waals surface area (Å²) in [6, 6.07) is 25.4. The second-order valence-electron chi connectivity index (χ2n) is 8.04. The number of fused-ring (bicyclic) bond motifs is 1. The number of amides is 2. The van der Waals surface area contributed by atoms with Crippen LogP contribution in [0.4, 0.5) is 11.6 Å². The molecule has 0 radical (unpaired) electrons. The van der Waals surface area contributed by atoms with Gasteiger partial charge in [0.25, 0.3) is 5.91 Å². The molecule has 0 unspecified atom stereocenters. The Kier molecular flexibility index (Phi) is 6.10. The molecule has 5 aromatic rings. The van der Waals surface area contributed by atoms with E-state index in [2.05, 4.69) is 20.7 Å². The van der Waals surface area contributed by atoms with Gasteiger partial charge in [0.1, 0.15) is 0 Å². The van der Waals surface area contributed by atoms with Crippen LogP contribution >= 0.6 is 11.6 Å². The SMILES string of the molecule is CNC(=O)c1ccc(Nc2nc3cccc(-c4cc(Cl)cc(-c5ccccc5C(N)=O)c4)n3n2)cc1. The maximum absolute atomic E-state index is 12.0. The van der Waals surface area contributed by atoms with Crippen LogP contribution < -0.4 is 16.4 Å². The van der Waals surface area contributed by atoms with E-state index >= 15 is 0 Å². The van der Waals surface area contributed by atoms with Crippen molar-refractivity contribution >= 4 is 40.7 Å². The number of anilines is 2. The number of rotatable bonds is 6. The molecular weight excluding hydrogens is 476 g/mol. The summed E-state index contributed by atoms with van der Waals surface area (Å²) in [4.78, 5) is 28.3. The summed E-state index contributed by atoms with van der Waals surface area (Å²) in [6.07, 6.45) is 0. The van der Waals surface area contributed by atoms with Gasteiger partial charge in [-0.05, 0) is 71.8 Å². The molecule has 0 bridgehead atoms. The minimum absolute atomic E-state index is 0.156. The number of halogens is 1. The van der Waals surface area contributed by atoms with Gasteiger partial charge in [-0.1, -0.05) is 35.9 Å². The molecule has 0 spiro atoms. The number of carbonyl (C=O) groups excluding carboxylic acids is 2. The number of pyridine rings is 1. The van der Waals surface area contributed by atoms with Crippen molar-refractivity contribution < 1.29 is 9.59 Å². The largest absolute Gasteiger partial charge is 0.366 e. The molecule has 2 heterocycles. The molecule has 4 N–H and O–H groups in total. The van der Waals surface area contributed by atoms with Crippen LogP contribution in [0.15, 0.2) is 84.9 Å². The maximum Gasteiger partial charge on any atom is 0.251 e. The Morgan fingerprint density at radius 1 is 0.917 bits per heavy atom. The molecule has 36 heavy (non-hydrogen) atoms. The Labute approximate surface area is 211 Å². The van der Waals surface area contributed by atoms with E-state index in [-0.39, 0.29) is 5.91 Å². The zero-order chi connectivity index (χ0) is 25.2. The lowest BCUT2D eigenvalue weighted by atomic mass is 9.97.